The molecule has 0 radical (unpaired) electrons. The first kappa shape index (κ1) is 24.7. The van der Waals surface area contributed by atoms with Gasteiger partial charge in [-0.3, -0.25) is 14.3 Å². The molecule has 11 heteroatoms. The number of hydrogen-bond acceptors (Lipinski definition) is 7. The van der Waals surface area contributed by atoms with Crippen LogP contribution in [0.2, 0.25) is 10.0 Å². The van der Waals surface area contributed by atoms with Gasteiger partial charge in [0.25, 0.3) is 5.91 Å². The van der Waals surface area contributed by atoms with E-state index in [1.807, 2.05) is 47.9 Å². The normalized spacial score (nSPS) is 11.1. The van der Waals surface area contributed by atoms with Crippen LogP contribution in [0.1, 0.15) is 12.5 Å². The van der Waals surface area contributed by atoms with Gasteiger partial charge in [0.1, 0.15) is 5.75 Å². The minimum atomic E-state index is -0.305. The molecular weight excluding hydrogens is 507 g/mol. The standard InChI is InChI=1S/C24H20Cl2N6O2S/c1-2-34-20-9-7-19(8-10-20)32-23(17-4-3-11-27-13-17)30-31-24(32)35-15-22(33)29-28-14-16-5-6-18(25)12-21(16)26/h3-14H,2,15H2,1H3,(H,29,33). The van der Waals surface area contributed by atoms with E-state index in [-0.39, 0.29) is 11.7 Å². The molecule has 0 unspecified atom stereocenters. The zero-order chi connectivity index (χ0) is 24.6. The molecule has 4 aromatic rings. The van der Waals surface area contributed by atoms with Crippen molar-refractivity contribution in [3.8, 4) is 22.8 Å². The van der Waals surface area contributed by atoms with Crippen molar-refractivity contribution in [3.05, 3.63) is 82.6 Å². The van der Waals surface area contributed by atoms with Gasteiger partial charge in [0, 0.05) is 34.2 Å². The largest absolute Gasteiger partial charge is 0.494 e. The Labute approximate surface area is 216 Å². The van der Waals surface area contributed by atoms with Crippen LogP contribution in [0.4, 0.5) is 0 Å². The van der Waals surface area contributed by atoms with Crippen molar-refractivity contribution in [2.75, 3.05) is 12.4 Å². The van der Waals surface area contributed by atoms with Gasteiger partial charge in [-0.05, 0) is 55.5 Å². The number of nitrogens with zero attached hydrogens (tertiary/aromatic N) is 5. The number of thioether (sulfide) groups is 1. The van der Waals surface area contributed by atoms with Crippen molar-refractivity contribution in [1.29, 1.82) is 0 Å². The lowest BCUT2D eigenvalue weighted by molar-refractivity contribution is -0.118. The van der Waals surface area contributed by atoms with Crippen molar-refractivity contribution in [3.63, 3.8) is 0 Å². The van der Waals surface area contributed by atoms with Gasteiger partial charge in [0.2, 0.25) is 0 Å². The van der Waals surface area contributed by atoms with Crippen LogP contribution in [0.15, 0.2) is 77.2 Å². The van der Waals surface area contributed by atoms with Crippen LogP contribution in [-0.2, 0) is 4.79 Å². The summed E-state index contributed by atoms with van der Waals surface area (Å²) in [5, 5.41) is 14.2. The molecule has 2 aromatic carbocycles. The number of amides is 1. The number of halogens is 2. The highest BCUT2D eigenvalue weighted by Crippen LogP contribution is 2.28. The molecule has 0 saturated carbocycles. The van der Waals surface area contributed by atoms with Gasteiger partial charge in [-0.25, -0.2) is 5.43 Å². The van der Waals surface area contributed by atoms with E-state index in [2.05, 4.69) is 25.7 Å². The van der Waals surface area contributed by atoms with Crippen LogP contribution < -0.4 is 10.2 Å². The third-order valence-corrected chi connectivity index (χ3v) is 6.14. The van der Waals surface area contributed by atoms with Crippen LogP contribution >= 0.6 is 35.0 Å². The number of carbonyl (C=O) groups excluding carboxylic acids is 1. The summed E-state index contributed by atoms with van der Waals surface area (Å²) in [7, 11) is 0. The van der Waals surface area contributed by atoms with Gasteiger partial charge in [-0.1, -0.05) is 41.0 Å². The van der Waals surface area contributed by atoms with Crippen LogP contribution in [0.3, 0.4) is 0 Å². The van der Waals surface area contributed by atoms with Gasteiger partial charge in [-0.2, -0.15) is 5.10 Å². The predicted octanol–water partition coefficient (Wildman–Crippen LogP) is 5.28. The second-order valence-electron chi connectivity index (χ2n) is 7.06. The molecule has 1 amide bonds. The molecule has 0 spiro atoms. The number of ether oxygens (including phenoxy) is 1. The van der Waals surface area contributed by atoms with Crippen molar-refractivity contribution in [2.24, 2.45) is 5.10 Å². The maximum absolute atomic E-state index is 12.4. The molecule has 0 aliphatic rings. The van der Waals surface area contributed by atoms with Crippen LogP contribution in [-0.4, -0.2) is 44.2 Å². The summed E-state index contributed by atoms with van der Waals surface area (Å²) < 4.78 is 7.42. The predicted molar refractivity (Wildman–Crippen MR) is 139 cm³/mol. The van der Waals surface area contributed by atoms with Crippen molar-refractivity contribution >= 4 is 47.1 Å². The molecule has 0 fully saturated rings. The summed E-state index contributed by atoms with van der Waals surface area (Å²) in [5.74, 6) is 1.15. The van der Waals surface area contributed by atoms with E-state index in [1.54, 1.807) is 30.6 Å². The summed E-state index contributed by atoms with van der Waals surface area (Å²) in [5.41, 5.74) is 4.77. The molecular formula is C24H20Cl2N6O2S. The van der Waals surface area contributed by atoms with Gasteiger partial charge in [0.05, 0.1) is 23.6 Å². The van der Waals surface area contributed by atoms with E-state index < -0.39 is 0 Å². The minimum absolute atomic E-state index is 0.0773. The Kier molecular flexibility index (Phi) is 8.36. The van der Waals surface area contributed by atoms with Crippen LogP contribution in [0, 0.1) is 0 Å². The van der Waals surface area contributed by atoms with E-state index in [0.717, 1.165) is 17.0 Å². The quantitative estimate of drug-likeness (QED) is 0.181. The first-order valence-corrected chi connectivity index (χ1v) is 12.3. The van der Waals surface area contributed by atoms with Crippen molar-refractivity contribution in [2.45, 2.75) is 12.1 Å². The summed E-state index contributed by atoms with van der Waals surface area (Å²) in [6.45, 7) is 2.51. The summed E-state index contributed by atoms with van der Waals surface area (Å²) in [4.78, 5) is 16.6. The Bertz CT molecular complexity index is 1330. The number of carbonyl (C=O) groups is 1. The van der Waals surface area contributed by atoms with Crippen LogP contribution in [0.5, 0.6) is 5.75 Å². The lowest BCUT2D eigenvalue weighted by atomic mass is 10.2. The Hall–Kier alpha value is -3.40. The fraction of sp³-hybridized carbons (Fsp3) is 0.125. The molecule has 0 bridgehead atoms. The fourth-order valence-corrected chi connectivity index (χ4v) is 4.28. The monoisotopic (exact) mass is 526 g/mol. The average Bonchev–Trinajstić information content (AvgIpc) is 3.29. The third-order valence-electron chi connectivity index (χ3n) is 4.65. The minimum Gasteiger partial charge on any atom is -0.494 e. The molecule has 2 aromatic heterocycles. The molecule has 0 aliphatic carbocycles. The molecule has 0 saturated heterocycles. The second kappa shape index (κ2) is 11.8. The number of aromatic nitrogens is 4. The van der Waals surface area contributed by atoms with Gasteiger partial charge >= 0.3 is 0 Å². The van der Waals surface area contributed by atoms with E-state index in [9.17, 15) is 4.79 Å². The SMILES string of the molecule is CCOc1ccc(-n2c(SCC(=O)NN=Cc3ccc(Cl)cc3Cl)nnc2-c2cccnc2)cc1. The zero-order valence-electron chi connectivity index (χ0n) is 18.6. The maximum atomic E-state index is 12.4. The molecule has 2 heterocycles. The Morgan fingerprint density at radius 3 is 2.71 bits per heavy atom. The highest BCUT2D eigenvalue weighted by molar-refractivity contribution is 7.99. The average molecular weight is 527 g/mol. The molecule has 8 nitrogen and oxygen atoms in total. The molecule has 178 valence electrons. The number of hydrogen-bond donors (Lipinski definition) is 1. The molecule has 1 N–H and O–H groups in total. The smallest absolute Gasteiger partial charge is 0.250 e. The van der Waals surface area contributed by atoms with Gasteiger partial charge in [0.15, 0.2) is 11.0 Å². The van der Waals surface area contributed by atoms with Crippen molar-refractivity contribution in [1.82, 2.24) is 25.2 Å². The van der Waals surface area contributed by atoms with E-state index >= 15 is 0 Å². The Morgan fingerprint density at radius 2 is 2.00 bits per heavy atom. The van der Waals surface area contributed by atoms with E-state index in [1.165, 1.54) is 18.0 Å². The molecule has 4 rings (SSSR count). The summed E-state index contributed by atoms with van der Waals surface area (Å²) >= 11 is 13.3. The number of pyridine rings is 1. The number of rotatable bonds is 9. The lowest BCUT2D eigenvalue weighted by Crippen LogP contribution is -2.20. The summed E-state index contributed by atoms with van der Waals surface area (Å²) in [6.07, 6.45) is 4.87. The second-order valence-corrected chi connectivity index (χ2v) is 8.84. The molecule has 0 aliphatic heterocycles. The van der Waals surface area contributed by atoms with Gasteiger partial charge < -0.3 is 4.74 Å². The maximum Gasteiger partial charge on any atom is 0.250 e. The third kappa shape index (κ3) is 6.39. The summed E-state index contributed by atoms with van der Waals surface area (Å²) in [6, 6.07) is 16.3. The number of hydrazone groups is 1. The van der Waals surface area contributed by atoms with Gasteiger partial charge in [-0.15, -0.1) is 10.2 Å². The van der Waals surface area contributed by atoms with Crippen molar-refractivity contribution < 1.29 is 9.53 Å². The Morgan fingerprint density at radius 1 is 1.17 bits per heavy atom. The first-order chi connectivity index (χ1) is 17.0. The highest BCUT2D eigenvalue weighted by Gasteiger charge is 2.17. The lowest BCUT2D eigenvalue weighted by Gasteiger charge is -2.11. The first-order valence-electron chi connectivity index (χ1n) is 10.5. The molecule has 0 atom stereocenters. The van der Waals surface area contributed by atoms with E-state index in [0.29, 0.717) is 33.2 Å². The zero-order valence-corrected chi connectivity index (χ0v) is 20.9. The number of nitrogens with one attached hydrogen (secondary N) is 1. The van der Waals surface area contributed by atoms with E-state index in [4.69, 9.17) is 27.9 Å². The number of benzene rings is 2. The molecule has 35 heavy (non-hydrogen) atoms. The Balaban J connectivity index is 1.50. The van der Waals surface area contributed by atoms with Crippen LogP contribution in [0.25, 0.3) is 17.1 Å². The fourth-order valence-electron chi connectivity index (χ4n) is 3.08. The topological polar surface area (TPSA) is 94.3 Å². The highest BCUT2D eigenvalue weighted by atomic mass is 35.5.